The average molecular weight is 588 g/mol. The Kier molecular flexibility index (Phi) is 8.57. The number of fused-ring (bicyclic) bond motifs is 1. The van der Waals surface area contributed by atoms with Crippen molar-refractivity contribution in [1.29, 1.82) is 5.26 Å². The fourth-order valence-electron chi connectivity index (χ4n) is 7.34. The van der Waals surface area contributed by atoms with Crippen molar-refractivity contribution in [3.63, 3.8) is 0 Å². The van der Waals surface area contributed by atoms with Crippen molar-refractivity contribution in [2.75, 3.05) is 39.4 Å². The van der Waals surface area contributed by atoms with E-state index >= 15 is 0 Å². The molecule has 8 atom stereocenters. The van der Waals surface area contributed by atoms with Gasteiger partial charge in [-0.1, -0.05) is 0 Å². The van der Waals surface area contributed by atoms with E-state index in [1.807, 2.05) is 6.07 Å². The Morgan fingerprint density at radius 1 is 1.10 bits per heavy atom. The van der Waals surface area contributed by atoms with E-state index in [1.54, 1.807) is 4.90 Å². The first-order valence-corrected chi connectivity index (χ1v) is 14.2. The molecular weight excluding hydrogens is 553 g/mol. The van der Waals surface area contributed by atoms with E-state index in [4.69, 9.17) is 4.74 Å². The van der Waals surface area contributed by atoms with E-state index in [0.717, 1.165) is 0 Å². The number of carbonyl (C=O) groups excluding carboxylic acids is 3. The number of likely N-dealkylation sites (tertiary alicyclic amines) is 1. The molecule has 0 radical (unpaired) electrons. The first-order chi connectivity index (χ1) is 19.5. The Bertz CT molecular complexity index is 1120. The maximum absolute atomic E-state index is 14.9. The van der Waals surface area contributed by atoms with Gasteiger partial charge in [0.15, 0.2) is 5.83 Å². The number of halogens is 5. The van der Waals surface area contributed by atoms with Crippen LogP contribution in [0.4, 0.5) is 22.0 Å². The minimum atomic E-state index is -4.66. The van der Waals surface area contributed by atoms with E-state index in [1.165, 1.54) is 4.90 Å². The van der Waals surface area contributed by atoms with Crippen molar-refractivity contribution < 1.29 is 41.1 Å². The number of nitrogens with one attached hydrogen (secondary N) is 2. The molecule has 0 aromatic heterocycles. The topological polar surface area (TPSA) is 115 Å². The van der Waals surface area contributed by atoms with Gasteiger partial charge >= 0.3 is 6.18 Å². The molecule has 0 aromatic carbocycles. The third kappa shape index (κ3) is 5.93. The molecule has 2 N–H and O–H groups in total. The van der Waals surface area contributed by atoms with Crippen LogP contribution >= 0.6 is 0 Å². The van der Waals surface area contributed by atoms with Gasteiger partial charge in [0.25, 0.3) is 11.8 Å². The Morgan fingerprint density at radius 2 is 1.83 bits per heavy atom. The van der Waals surface area contributed by atoms with Crippen LogP contribution < -0.4 is 10.6 Å². The molecule has 0 aromatic rings. The Balaban J connectivity index is 1.35. The van der Waals surface area contributed by atoms with Gasteiger partial charge in [0.05, 0.1) is 42.7 Å². The summed E-state index contributed by atoms with van der Waals surface area (Å²) in [6, 6.07) is -0.971. The van der Waals surface area contributed by atoms with Crippen molar-refractivity contribution in [3.05, 3.63) is 11.4 Å². The van der Waals surface area contributed by atoms with Crippen molar-refractivity contribution >= 4 is 17.7 Å². The maximum atomic E-state index is 14.9. The van der Waals surface area contributed by atoms with Gasteiger partial charge in [0.2, 0.25) is 5.91 Å². The van der Waals surface area contributed by atoms with Crippen LogP contribution in [-0.2, 0) is 19.1 Å². The maximum Gasteiger partial charge on any atom is 0.393 e. The Morgan fingerprint density at radius 3 is 2.51 bits per heavy atom. The molecule has 2 aliphatic carbocycles. The van der Waals surface area contributed by atoms with Crippen molar-refractivity contribution in [1.82, 2.24) is 20.4 Å². The summed E-state index contributed by atoms with van der Waals surface area (Å²) in [5, 5.41) is 14.5. The molecule has 7 unspecified atom stereocenters. The quantitative estimate of drug-likeness (QED) is 0.487. The highest BCUT2D eigenvalue weighted by molar-refractivity contribution is 6.05. The standard InChI is InChI=1S/C27H34F5N5O4/c28-19-3-1-2-16-20(21(29)25(39)35-22(16)19)24(38)34-15-4-5-37(13-15)23-17(26(40)36-6-8-41-9-7-36)10-14(12-33)11-18(23)27(30,31)32/h14-19,22-23H,1-11,13H2,(H,34,38)(H,35,39)/t14?,15-,16?,17?,18?,19?,22?,23?/m1/s1. The number of alkyl halides is 4. The monoisotopic (exact) mass is 587 g/mol. The molecule has 2 saturated carbocycles. The average Bonchev–Trinajstić information content (AvgIpc) is 3.41. The van der Waals surface area contributed by atoms with Crippen molar-refractivity contribution in [2.45, 2.75) is 69.0 Å². The second kappa shape index (κ2) is 11.8. The second-order valence-electron chi connectivity index (χ2n) is 11.7. The van der Waals surface area contributed by atoms with E-state index in [-0.39, 0.29) is 58.7 Å². The van der Waals surface area contributed by atoms with E-state index < -0.39 is 89.7 Å². The number of nitriles is 1. The highest BCUT2D eigenvalue weighted by Crippen LogP contribution is 2.46. The number of amides is 3. The summed E-state index contributed by atoms with van der Waals surface area (Å²) in [6.45, 7) is 1.19. The molecule has 2 saturated heterocycles. The van der Waals surface area contributed by atoms with Crippen LogP contribution in [-0.4, -0.2) is 97.4 Å². The first kappa shape index (κ1) is 29.7. The van der Waals surface area contributed by atoms with Crippen LogP contribution in [0.3, 0.4) is 0 Å². The summed E-state index contributed by atoms with van der Waals surface area (Å²) < 4.78 is 77.8. The number of hydrogen-bond acceptors (Lipinski definition) is 6. The van der Waals surface area contributed by atoms with Crippen LogP contribution in [0, 0.1) is 35.0 Å². The van der Waals surface area contributed by atoms with Gasteiger partial charge in [-0.05, 0) is 38.5 Å². The number of carbonyl (C=O) groups is 3. The molecule has 4 fully saturated rings. The lowest BCUT2D eigenvalue weighted by molar-refractivity contribution is -0.209. The van der Waals surface area contributed by atoms with Crippen molar-refractivity contribution in [2.24, 2.45) is 23.7 Å². The summed E-state index contributed by atoms with van der Waals surface area (Å²) in [5.41, 5.74) is -0.414. The SMILES string of the molecule is N#CC1CC(C(=O)N2CCOCC2)C(N2CC[C@@H](NC(=O)C3=C(F)C(=O)NC4C(F)CCCC34)C2)C(C(F)(F)F)C1. The van der Waals surface area contributed by atoms with Gasteiger partial charge in [0, 0.05) is 50.1 Å². The molecule has 0 bridgehead atoms. The Hall–Kier alpha value is -2.79. The number of morpholine rings is 1. The largest absolute Gasteiger partial charge is 0.393 e. The lowest BCUT2D eigenvalue weighted by Gasteiger charge is -2.46. The van der Waals surface area contributed by atoms with Gasteiger partial charge < -0.3 is 20.3 Å². The highest BCUT2D eigenvalue weighted by Gasteiger charge is 2.56. The first-order valence-electron chi connectivity index (χ1n) is 14.2. The van der Waals surface area contributed by atoms with Crippen LogP contribution in [0.1, 0.15) is 38.5 Å². The number of ether oxygens (including phenoxy) is 1. The predicted octanol–water partition coefficient (Wildman–Crippen LogP) is 1.99. The number of hydrogen-bond donors (Lipinski definition) is 2. The number of rotatable bonds is 4. The lowest BCUT2D eigenvalue weighted by atomic mass is 9.70. The predicted molar refractivity (Wildman–Crippen MR) is 133 cm³/mol. The van der Waals surface area contributed by atoms with Crippen LogP contribution in [0.25, 0.3) is 0 Å². The van der Waals surface area contributed by atoms with Gasteiger partial charge in [-0.2, -0.15) is 18.4 Å². The summed E-state index contributed by atoms with van der Waals surface area (Å²) in [4.78, 5) is 41.9. The van der Waals surface area contributed by atoms with E-state index in [2.05, 4.69) is 10.6 Å². The minimum Gasteiger partial charge on any atom is -0.378 e. The molecule has 5 rings (SSSR count). The summed E-state index contributed by atoms with van der Waals surface area (Å²) in [7, 11) is 0. The van der Waals surface area contributed by atoms with Crippen LogP contribution in [0.15, 0.2) is 11.4 Å². The van der Waals surface area contributed by atoms with Gasteiger partial charge in [-0.25, -0.2) is 8.78 Å². The fraction of sp³-hybridized carbons (Fsp3) is 0.778. The molecule has 5 aliphatic rings. The minimum absolute atomic E-state index is 0.00185. The number of nitrogens with zero attached hydrogens (tertiary/aromatic N) is 3. The normalized spacial score (nSPS) is 36.8. The van der Waals surface area contributed by atoms with Crippen LogP contribution in [0.2, 0.25) is 0 Å². The molecule has 41 heavy (non-hydrogen) atoms. The van der Waals surface area contributed by atoms with E-state index in [9.17, 15) is 41.6 Å². The smallest absolute Gasteiger partial charge is 0.378 e. The third-order valence-electron chi connectivity index (χ3n) is 9.29. The van der Waals surface area contributed by atoms with Gasteiger partial charge in [-0.3, -0.25) is 19.3 Å². The summed E-state index contributed by atoms with van der Waals surface area (Å²) >= 11 is 0. The molecular formula is C27H34F5N5O4. The third-order valence-corrected chi connectivity index (χ3v) is 9.29. The fourth-order valence-corrected chi connectivity index (χ4v) is 7.34. The zero-order valence-corrected chi connectivity index (χ0v) is 22.5. The highest BCUT2D eigenvalue weighted by atomic mass is 19.4. The van der Waals surface area contributed by atoms with Gasteiger partial charge in [0.1, 0.15) is 6.17 Å². The lowest BCUT2D eigenvalue weighted by Crippen LogP contribution is -2.58. The molecule has 3 amide bonds. The Labute approximate surface area is 234 Å². The molecule has 3 heterocycles. The summed E-state index contributed by atoms with van der Waals surface area (Å²) in [6.07, 6.45) is -5.33. The zero-order valence-electron chi connectivity index (χ0n) is 22.5. The second-order valence-corrected chi connectivity index (χ2v) is 11.7. The molecule has 0 spiro atoms. The van der Waals surface area contributed by atoms with Crippen LogP contribution in [0.5, 0.6) is 0 Å². The molecule has 226 valence electrons. The van der Waals surface area contributed by atoms with E-state index in [0.29, 0.717) is 12.8 Å². The molecule has 3 aliphatic heterocycles. The zero-order chi connectivity index (χ0) is 29.5. The molecule has 14 heteroatoms. The summed E-state index contributed by atoms with van der Waals surface area (Å²) in [5.74, 6) is -8.48. The van der Waals surface area contributed by atoms with Gasteiger partial charge in [-0.15, -0.1) is 0 Å². The molecule has 9 nitrogen and oxygen atoms in total. The van der Waals surface area contributed by atoms with Crippen molar-refractivity contribution in [3.8, 4) is 6.07 Å².